The number of aryl methyl sites for hydroxylation is 1. The van der Waals surface area contributed by atoms with Crippen molar-refractivity contribution in [2.75, 3.05) is 46.9 Å². The van der Waals surface area contributed by atoms with Gasteiger partial charge in [-0.25, -0.2) is 4.79 Å². The second-order valence-corrected chi connectivity index (χ2v) is 7.09. The predicted molar refractivity (Wildman–Crippen MR) is 101 cm³/mol. The maximum atomic E-state index is 12.3. The van der Waals surface area contributed by atoms with Crippen molar-refractivity contribution >= 4 is 6.03 Å². The molecule has 0 saturated carbocycles. The molecule has 0 spiro atoms. The highest BCUT2D eigenvalue weighted by Gasteiger charge is 2.19. The summed E-state index contributed by atoms with van der Waals surface area (Å²) in [6, 6.07) is 5.85. The van der Waals surface area contributed by atoms with Crippen LogP contribution in [-0.2, 0) is 0 Å². The van der Waals surface area contributed by atoms with Crippen molar-refractivity contribution < 1.29 is 9.53 Å². The van der Waals surface area contributed by atoms with Crippen LogP contribution >= 0.6 is 0 Å². The SMILES string of the molecule is COc1ccc(C)cc1[C@H](C)NC(=O)N[C@H](C)CN1CCN(C)CC1. The highest BCUT2D eigenvalue weighted by atomic mass is 16.5. The number of nitrogens with zero attached hydrogens (tertiary/aromatic N) is 2. The van der Waals surface area contributed by atoms with Crippen LogP contribution in [0.15, 0.2) is 18.2 Å². The lowest BCUT2D eigenvalue weighted by Crippen LogP contribution is -2.51. The number of urea groups is 1. The van der Waals surface area contributed by atoms with Gasteiger partial charge in [0.2, 0.25) is 0 Å². The smallest absolute Gasteiger partial charge is 0.315 e. The Morgan fingerprint density at radius 3 is 2.52 bits per heavy atom. The number of hydrogen-bond donors (Lipinski definition) is 2. The number of carbonyl (C=O) groups excluding carboxylic acids is 1. The molecule has 0 unspecified atom stereocenters. The van der Waals surface area contributed by atoms with Crippen molar-refractivity contribution in [1.29, 1.82) is 0 Å². The van der Waals surface area contributed by atoms with Crippen molar-refractivity contribution in [2.24, 2.45) is 0 Å². The zero-order valence-electron chi connectivity index (χ0n) is 16.1. The quantitative estimate of drug-likeness (QED) is 0.826. The van der Waals surface area contributed by atoms with Crippen LogP contribution in [0.25, 0.3) is 0 Å². The standard InChI is InChI=1S/C19H32N4O2/c1-14-6-7-18(25-5)17(12-14)16(3)21-19(24)20-15(2)13-23-10-8-22(4)9-11-23/h6-7,12,15-16H,8-11,13H2,1-5H3,(H2,20,21,24)/t15-,16+/m1/s1. The second-order valence-electron chi connectivity index (χ2n) is 7.09. The number of methoxy groups -OCH3 is 1. The first kappa shape index (κ1) is 19.5. The van der Waals surface area contributed by atoms with Gasteiger partial charge in [0.1, 0.15) is 5.75 Å². The summed E-state index contributed by atoms with van der Waals surface area (Å²) in [4.78, 5) is 17.1. The summed E-state index contributed by atoms with van der Waals surface area (Å²) in [5.74, 6) is 0.795. The number of benzene rings is 1. The third-order valence-electron chi connectivity index (χ3n) is 4.70. The molecule has 1 aromatic carbocycles. The van der Waals surface area contributed by atoms with Gasteiger partial charge in [0.25, 0.3) is 0 Å². The number of piperazine rings is 1. The molecule has 1 fully saturated rings. The van der Waals surface area contributed by atoms with Gasteiger partial charge in [-0.15, -0.1) is 0 Å². The first-order valence-electron chi connectivity index (χ1n) is 9.01. The highest BCUT2D eigenvalue weighted by Crippen LogP contribution is 2.25. The summed E-state index contributed by atoms with van der Waals surface area (Å²) in [5.41, 5.74) is 2.14. The van der Waals surface area contributed by atoms with E-state index in [0.29, 0.717) is 0 Å². The molecule has 0 radical (unpaired) electrons. The van der Waals surface area contributed by atoms with Gasteiger partial charge >= 0.3 is 6.03 Å². The van der Waals surface area contributed by atoms with Gasteiger partial charge in [0, 0.05) is 44.3 Å². The van der Waals surface area contributed by atoms with E-state index in [0.717, 1.165) is 49.6 Å². The lowest BCUT2D eigenvalue weighted by Gasteiger charge is -2.34. The lowest BCUT2D eigenvalue weighted by molar-refractivity contribution is 0.144. The number of rotatable bonds is 6. The number of nitrogens with one attached hydrogen (secondary N) is 2. The van der Waals surface area contributed by atoms with Gasteiger partial charge in [-0.05, 0) is 33.9 Å². The van der Waals surface area contributed by atoms with E-state index in [1.165, 1.54) is 0 Å². The molecule has 0 aromatic heterocycles. The molecule has 1 aromatic rings. The normalized spacial score (nSPS) is 18.4. The van der Waals surface area contributed by atoms with Crippen molar-refractivity contribution in [3.8, 4) is 5.75 Å². The minimum atomic E-state index is -0.141. The van der Waals surface area contributed by atoms with Crippen LogP contribution in [0, 0.1) is 6.92 Å². The Hall–Kier alpha value is -1.79. The molecule has 0 bridgehead atoms. The fourth-order valence-electron chi connectivity index (χ4n) is 3.20. The average Bonchev–Trinajstić information content (AvgIpc) is 2.56. The number of likely N-dealkylation sites (N-methyl/N-ethyl adjacent to an activating group) is 1. The molecule has 1 aliphatic heterocycles. The zero-order valence-corrected chi connectivity index (χ0v) is 16.1. The molecule has 2 rings (SSSR count). The molecule has 0 aliphatic carbocycles. The Morgan fingerprint density at radius 2 is 1.88 bits per heavy atom. The zero-order chi connectivity index (χ0) is 18.4. The van der Waals surface area contributed by atoms with Gasteiger partial charge in [-0.1, -0.05) is 17.7 Å². The van der Waals surface area contributed by atoms with E-state index in [9.17, 15) is 4.79 Å². The molecule has 6 heteroatoms. The third kappa shape index (κ3) is 5.90. The van der Waals surface area contributed by atoms with E-state index in [1.54, 1.807) is 7.11 Å². The molecular weight excluding hydrogens is 316 g/mol. The maximum Gasteiger partial charge on any atom is 0.315 e. The summed E-state index contributed by atoms with van der Waals surface area (Å²) in [6.45, 7) is 11.2. The molecule has 1 heterocycles. The Balaban J connectivity index is 1.84. The molecule has 2 amide bonds. The second kappa shape index (κ2) is 9.06. The summed E-state index contributed by atoms with van der Waals surface area (Å²) in [7, 11) is 3.80. The third-order valence-corrected chi connectivity index (χ3v) is 4.70. The number of ether oxygens (including phenoxy) is 1. The number of hydrogen-bond acceptors (Lipinski definition) is 4. The topological polar surface area (TPSA) is 56.8 Å². The van der Waals surface area contributed by atoms with Crippen molar-refractivity contribution in [2.45, 2.75) is 32.9 Å². The van der Waals surface area contributed by atoms with E-state index in [4.69, 9.17) is 4.74 Å². The van der Waals surface area contributed by atoms with Gasteiger partial charge < -0.3 is 20.3 Å². The molecule has 2 N–H and O–H groups in total. The molecular formula is C19H32N4O2. The summed E-state index contributed by atoms with van der Waals surface area (Å²) >= 11 is 0. The fraction of sp³-hybridized carbons (Fsp3) is 0.632. The minimum Gasteiger partial charge on any atom is -0.496 e. The van der Waals surface area contributed by atoms with Crippen molar-refractivity contribution in [3.05, 3.63) is 29.3 Å². The van der Waals surface area contributed by atoms with Crippen LogP contribution in [0.1, 0.15) is 31.0 Å². The predicted octanol–water partition coefficient (Wildman–Crippen LogP) is 2.00. The Labute approximate surface area is 151 Å². The molecule has 140 valence electrons. The van der Waals surface area contributed by atoms with Crippen LogP contribution in [0.2, 0.25) is 0 Å². The Kier molecular flexibility index (Phi) is 7.08. The Bertz CT molecular complexity index is 571. The van der Waals surface area contributed by atoms with E-state index >= 15 is 0 Å². The maximum absolute atomic E-state index is 12.3. The molecule has 2 atom stereocenters. The summed E-state index contributed by atoms with van der Waals surface area (Å²) < 4.78 is 5.41. The first-order valence-corrected chi connectivity index (χ1v) is 9.01. The van der Waals surface area contributed by atoms with E-state index in [1.807, 2.05) is 26.0 Å². The highest BCUT2D eigenvalue weighted by molar-refractivity contribution is 5.74. The minimum absolute atomic E-state index is 0.106. The van der Waals surface area contributed by atoms with E-state index in [2.05, 4.69) is 40.5 Å². The van der Waals surface area contributed by atoms with E-state index in [-0.39, 0.29) is 18.1 Å². The fourth-order valence-corrected chi connectivity index (χ4v) is 3.20. The summed E-state index contributed by atoms with van der Waals surface area (Å²) in [6.07, 6.45) is 0. The van der Waals surface area contributed by atoms with Gasteiger partial charge in [0.05, 0.1) is 13.2 Å². The van der Waals surface area contributed by atoms with E-state index < -0.39 is 0 Å². The number of carbonyl (C=O) groups is 1. The average molecular weight is 348 g/mol. The van der Waals surface area contributed by atoms with Gasteiger partial charge in [-0.2, -0.15) is 0 Å². The molecule has 25 heavy (non-hydrogen) atoms. The van der Waals surface area contributed by atoms with Gasteiger partial charge in [0.15, 0.2) is 0 Å². The summed E-state index contributed by atoms with van der Waals surface area (Å²) in [5, 5.41) is 6.06. The lowest BCUT2D eigenvalue weighted by atomic mass is 10.0. The van der Waals surface area contributed by atoms with Crippen molar-refractivity contribution in [3.63, 3.8) is 0 Å². The van der Waals surface area contributed by atoms with Crippen LogP contribution in [-0.4, -0.2) is 68.8 Å². The Morgan fingerprint density at radius 1 is 1.20 bits per heavy atom. The molecule has 1 aliphatic rings. The first-order chi connectivity index (χ1) is 11.9. The number of amides is 2. The van der Waals surface area contributed by atoms with Crippen LogP contribution in [0.3, 0.4) is 0 Å². The van der Waals surface area contributed by atoms with Crippen LogP contribution < -0.4 is 15.4 Å². The van der Waals surface area contributed by atoms with Crippen LogP contribution in [0.4, 0.5) is 4.79 Å². The largest absolute Gasteiger partial charge is 0.496 e. The van der Waals surface area contributed by atoms with Gasteiger partial charge in [-0.3, -0.25) is 4.90 Å². The van der Waals surface area contributed by atoms with Crippen molar-refractivity contribution in [1.82, 2.24) is 20.4 Å². The molecule has 1 saturated heterocycles. The van der Waals surface area contributed by atoms with Crippen LogP contribution in [0.5, 0.6) is 5.75 Å². The monoisotopic (exact) mass is 348 g/mol. The molecule has 6 nitrogen and oxygen atoms in total.